The van der Waals surface area contributed by atoms with E-state index in [2.05, 4.69) is 0 Å². The van der Waals surface area contributed by atoms with Crippen LogP contribution in [0.15, 0.2) is 47.4 Å². The molecule has 20 heavy (non-hydrogen) atoms. The van der Waals surface area contributed by atoms with Crippen LogP contribution in [0.25, 0.3) is 0 Å². The smallest absolute Gasteiger partial charge is 0.148 e. The highest BCUT2D eigenvalue weighted by Gasteiger charge is 2.10. The van der Waals surface area contributed by atoms with Gasteiger partial charge in [-0.25, -0.2) is 13.4 Å². The van der Waals surface area contributed by atoms with Gasteiger partial charge >= 0.3 is 0 Å². The molecule has 0 bridgehead atoms. The van der Waals surface area contributed by atoms with E-state index in [1.165, 1.54) is 48.7 Å². The van der Waals surface area contributed by atoms with Crippen molar-refractivity contribution < 1.29 is 13.3 Å². The minimum Gasteiger partial charge on any atom is -0.456 e. The molecule has 0 aromatic heterocycles. The molecular weight excluding hydrogens is 279 g/mol. The first kappa shape index (κ1) is 14.0. The first-order valence-electron chi connectivity index (χ1n) is 5.62. The molecule has 6 heteroatoms. The fourth-order valence-corrected chi connectivity index (χ4v) is 2.25. The molecule has 1 atom stereocenters. The Kier molecular flexibility index (Phi) is 3.72. The van der Waals surface area contributed by atoms with Gasteiger partial charge in [-0.1, -0.05) is 6.07 Å². The van der Waals surface area contributed by atoms with Crippen LogP contribution in [-0.4, -0.2) is 10.5 Å². The van der Waals surface area contributed by atoms with Crippen LogP contribution in [0.2, 0.25) is 0 Å². The average Bonchev–Trinajstić information content (AvgIpc) is 2.38. The molecule has 2 rings (SSSR count). The summed E-state index contributed by atoms with van der Waals surface area (Å²) in [7, 11) is -2.78. The van der Waals surface area contributed by atoms with Gasteiger partial charge < -0.3 is 4.74 Å². The van der Waals surface area contributed by atoms with Gasteiger partial charge in [-0.15, -0.1) is 0 Å². The maximum absolute atomic E-state index is 13.4. The van der Waals surface area contributed by atoms with Crippen molar-refractivity contribution in [3.63, 3.8) is 0 Å². The van der Waals surface area contributed by atoms with Crippen molar-refractivity contribution >= 4 is 9.73 Å². The first-order chi connectivity index (χ1) is 9.41. The number of hydrogen-bond donors (Lipinski definition) is 1. The van der Waals surface area contributed by atoms with Crippen molar-refractivity contribution in [1.82, 2.24) is 0 Å². The van der Waals surface area contributed by atoms with Crippen LogP contribution in [0.1, 0.15) is 5.56 Å². The van der Waals surface area contributed by atoms with Crippen LogP contribution >= 0.6 is 0 Å². The third kappa shape index (κ3) is 2.95. The first-order valence-corrected chi connectivity index (χ1v) is 7.59. The second kappa shape index (κ2) is 5.31. The molecule has 0 saturated heterocycles. The maximum atomic E-state index is 13.4. The standard InChI is InChI=1S/C14H11FN2O2S/c1-20(17,18)11-7-5-10(6-8-11)19-14-4-2-3-13(15)12(14)9-16/h2-8,17H,1H3. The third-order valence-corrected chi connectivity index (χ3v) is 3.76. The predicted octanol–water partition coefficient (Wildman–Crippen LogP) is 3.53. The molecule has 0 aliphatic carbocycles. The molecule has 102 valence electrons. The van der Waals surface area contributed by atoms with Gasteiger partial charge in [0.15, 0.2) is 0 Å². The Labute approximate surface area is 116 Å². The number of benzene rings is 2. The van der Waals surface area contributed by atoms with E-state index in [0.717, 1.165) is 0 Å². The molecule has 0 amide bonds. The van der Waals surface area contributed by atoms with Crippen molar-refractivity contribution in [2.24, 2.45) is 0 Å². The van der Waals surface area contributed by atoms with Crippen LogP contribution in [0, 0.1) is 21.9 Å². The Morgan fingerprint density at radius 2 is 1.90 bits per heavy atom. The lowest BCUT2D eigenvalue weighted by atomic mass is 10.2. The normalized spacial score (nSPS) is 13.2. The van der Waals surface area contributed by atoms with E-state index in [4.69, 9.17) is 14.8 Å². The van der Waals surface area contributed by atoms with Gasteiger partial charge in [0.25, 0.3) is 0 Å². The molecule has 2 aromatic rings. The van der Waals surface area contributed by atoms with E-state index < -0.39 is 15.5 Å². The summed E-state index contributed by atoms with van der Waals surface area (Å²) in [6.45, 7) is 0. The fourth-order valence-electron chi connectivity index (χ4n) is 1.59. The van der Waals surface area contributed by atoms with E-state index in [1.807, 2.05) is 0 Å². The second-order valence-electron chi connectivity index (χ2n) is 4.14. The highest BCUT2D eigenvalue weighted by Crippen LogP contribution is 2.27. The molecule has 1 N–H and O–H groups in total. The van der Waals surface area contributed by atoms with Gasteiger partial charge in [0.05, 0.1) is 9.73 Å². The molecule has 0 heterocycles. The van der Waals surface area contributed by atoms with Crippen LogP contribution in [-0.2, 0) is 9.73 Å². The Morgan fingerprint density at radius 1 is 1.25 bits per heavy atom. The number of rotatable bonds is 3. The number of ether oxygens (including phenoxy) is 1. The number of nitriles is 1. The van der Waals surface area contributed by atoms with Crippen LogP contribution < -0.4 is 4.74 Å². The molecule has 0 aliphatic heterocycles. The molecule has 1 unspecified atom stereocenters. The van der Waals surface area contributed by atoms with E-state index in [0.29, 0.717) is 10.6 Å². The minimum atomic E-state index is -2.78. The van der Waals surface area contributed by atoms with E-state index in [1.54, 1.807) is 6.07 Å². The van der Waals surface area contributed by atoms with Gasteiger partial charge in [-0.05, 0) is 36.4 Å². The van der Waals surface area contributed by atoms with Crippen molar-refractivity contribution in [2.45, 2.75) is 4.90 Å². The zero-order valence-corrected chi connectivity index (χ0v) is 11.4. The Morgan fingerprint density at radius 3 is 2.45 bits per heavy atom. The molecule has 4 nitrogen and oxygen atoms in total. The van der Waals surface area contributed by atoms with Crippen molar-refractivity contribution in [2.75, 3.05) is 6.26 Å². The molecule has 2 aromatic carbocycles. The Bertz CT molecular complexity index is 778. The van der Waals surface area contributed by atoms with E-state index >= 15 is 0 Å². The monoisotopic (exact) mass is 290 g/mol. The molecular formula is C14H11FN2O2S. The SMILES string of the molecule is CS(=N)(=O)c1ccc(Oc2cccc(F)c2C#N)cc1. The number of hydrogen-bond acceptors (Lipinski definition) is 4. The van der Waals surface area contributed by atoms with Crippen molar-refractivity contribution in [3.05, 3.63) is 53.8 Å². The number of nitrogens with one attached hydrogen (secondary N) is 1. The summed E-state index contributed by atoms with van der Waals surface area (Å²) in [6, 6.07) is 11.9. The lowest BCUT2D eigenvalue weighted by Gasteiger charge is -2.08. The predicted molar refractivity (Wildman–Crippen MR) is 72.7 cm³/mol. The molecule has 0 spiro atoms. The topological polar surface area (TPSA) is 73.9 Å². The average molecular weight is 290 g/mol. The Hall–Kier alpha value is -2.39. The largest absolute Gasteiger partial charge is 0.456 e. The van der Waals surface area contributed by atoms with Gasteiger partial charge in [0.2, 0.25) is 0 Å². The molecule has 0 fully saturated rings. The number of nitrogens with zero attached hydrogens (tertiary/aromatic N) is 1. The summed E-state index contributed by atoms with van der Waals surface area (Å²) in [5.41, 5.74) is -0.170. The zero-order valence-electron chi connectivity index (χ0n) is 10.6. The third-order valence-electron chi connectivity index (χ3n) is 2.59. The van der Waals surface area contributed by atoms with Gasteiger partial charge in [-0.3, -0.25) is 0 Å². The van der Waals surface area contributed by atoms with Gasteiger partial charge in [0, 0.05) is 11.2 Å². The van der Waals surface area contributed by atoms with Crippen LogP contribution in [0.3, 0.4) is 0 Å². The van der Waals surface area contributed by atoms with Crippen molar-refractivity contribution in [1.29, 1.82) is 10.0 Å². The summed E-state index contributed by atoms with van der Waals surface area (Å²) >= 11 is 0. The summed E-state index contributed by atoms with van der Waals surface area (Å²) in [5, 5.41) is 8.90. The second-order valence-corrected chi connectivity index (χ2v) is 6.30. The van der Waals surface area contributed by atoms with Gasteiger partial charge in [0.1, 0.15) is 28.9 Å². The van der Waals surface area contributed by atoms with Crippen molar-refractivity contribution in [3.8, 4) is 17.6 Å². The van der Waals surface area contributed by atoms with Gasteiger partial charge in [-0.2, -0.15) is 5.26 Å². The Balaban J connectivity index is 2.32. The summed E-state index contributed by atoms with van der Waals surface area (Å²) in [4.78, 5) is 0.379. The quantitative estimate of drug-likeness (QED) is 0.939. The minimum absolute atomic E-state index is 0.114. The maximum Gasteiger partial charge on any atom is 0.148 e. The fraction of sp³-hybridized carbons (Fsp3) is 0.0714. The molecule has 0 saturated carbocycles. The van der Waals surface area contributed by atoms with Crippen LogP contribution in [0.4, 0.5) is 4.39 Å². The zero-order chi connectivity index (χ0) is 14.8. The van der Waals surface area contributed by atoms with E-state index in [9.17, 15) is 8.60 Å². The van der Waals surface area contributed by atoms with E-state index in [-0.39, 0.29) is 11.3 Å². The lowest BCUT2D eigenvalue weighted by molar-refractivity contribution is 0.474. The van der Waals surface area contributed by atoms with Crippen LogP contribution in [0.5, 0.6) is 11.5 Å². The molecule has 0 radical (unpaired) electrons. The molecule has 0 aliphatic rings. The highest BCUT2D eigenvalue weighted by molar-refractivity contribution is 7.91. The number of halogens is 1. The highest BCUT2D eigenvalue weighted by atomic mass is 32.2. The summed E-state index contributed by atoms with van der Waals surface area (Å²) in [5.74, 6) is -0.160. The lowest BCUT2D eigenvalue weighted by Crippen LogP contribution is -1.95. The summed E-state index contributed by atoms with van der Waals surface area (Å²) < 4.78 is 37.8. The summed E-state index contributed by atoms with van der Waals surface area (Å²) in [6.07, 6.45) is 1.32.